The Morgan fingerprint density at radius 2 is 1.60 bits per heavy atom. The molecule has 3 fully saturated rings. The fourth-order valence-electron chi connectivity index (χ4n) is 6.11. The smallest absolute Gasteiger partial charge is 0.433 e. The molecule has 3 heterocycles. The van der Waals surface area contributed by atoms with E-state index >= 15 is 0 Å². The molecule has 0 aromatic heterocycles. The van der Waals surface area contributed by atoms with Crippen LogP contribution in [0.3, 0.4) is 0 Å². The number of piperidine rings is 1. The number of carbonyl (C=O) groups excluding carboxylic acids is 2. The summed E-state index contributed by atoms with van der Waals surface area (Å²) in [5.41, 5.74) is -2.32. The summed E-state index contributed by atoms with van der Waals surface area (Å²) in [6, 6.07) is 4.36. The molecule has 1 aromatic carbocycles. The number of likely N-dealkylation sites (tertiary alicyclic amines) is 2. The molecule has 3 saturated heterocycles. The molecule has 3 aliphatic rings. The van der Waals surface area contributed by atoms with Gasteiger partial charge in [0, 0.05) is 32.2 Å². The van der Waals surface area contributed by atoms with E-state index in [-0.39, 0.29) is 36.1 Å². The van der Waals surface area contributed by atoms with Crippen molar-refractivity contribution in [2.45, 2.75) is 87.6 Å². The number of halogens is 4. The minimum Gasteiger partial charge on any atom is -0.493 e. The van der Waals surface area contributed by atoms with E-state index in [1.807, 2.05) is 0 Å². The first-order chi connectivity index (χ1) is 22.7. The third-order valence-corrected chi connectivity index (χ3v) is 9.48. The first-order valence-electron chi connectivity index (χ1n) is 16.4. The zero-order chi connectivity index (χ0) is 35.1. The van der Waals surface area contributed by atoms with E-state index in [2.05, 4.69) is 4.74 Å². The predicted octanol–water partition coefficient (Wildman–Crippen LogP) is 1.77. The Morgan fingerprint density at radius 1 is 0.958 bits per heavy atom. The normalized spacial score (nSPS) is 21.1. The van der Waals surface area contributed by atoms with Crippen molar-refractivity contribution in [3.05, 3.63) is 29.6 Å². The number of hydrogen-bond acceptors (Lipinski definition) is 10. The van der Waals surface area contributed by atoms with E-state index in [0.29, 0.717) is 70.6 Å². The minimum absolute atomic E-state index is 0.105. The maximum Gasteiger partial charge on any atom is 0.433 e. The summed E-state index contributed by atoms with van der Waals surface area (Å²) < 4.78 is 69.6. The number of nitrogens with zero attached hydrogens (tertiary/aromatic N) is 2. The second-order valence-electron chi connectivity index (χ2n) is 13.1. The van der Waals surface area contributed by atoms with Gasteiger partial charge in [-0.05, 0) is 62.0 Å². The van der Waals surface area contributed by atoms with Gasteiger partial charge in [-0.3, -0.25) is 4.79 Å². The van der Waals surface area contributed by atoms with Crippen molar-refractivity contribution in [2.24, 2.45) is 11.8 Å². The number of rotatable bonds is 16. The van der Waals surface area contributed by atoms with Crippen LogP contribution in [-0.2, 0) is 20.7 Å². The van der Waals surface area contributed by atoms with E-state index in [1.165, 1.54) is 17.0 Å². The molecule has 1 aromatic rings. The molecule has 0 saturated carbocycles. The molecule has 0 radical (unpaired) electrons. The van der Waals surface area contributed by atoms with Crippen LogP contribution in [0.4, 0.5) is 22.4 Å². The molecular formula is C32H46F4N2O10. The SMILES string of the molecule is O=C(Cc1ccc(OCCCC2CCN(C(=O)OC3(C(F)(F)F)COC3)CC2)cc1F)N1CC(CCC[C@H](O)[C@@H](O)[C@H](O)[C@H](O)CO)C1. The van der Waals surface area contributed by atoms with Gasteiger partial charge in [0.1, 0.15) is 29.9 Å². The lowest BCUT2D eigenvalue weighted by Crippen LogP contribution is -2.64. The van der Waals surface area contributed by atoms with Crippen LogP contribution in [0.25, 0.3) is 0 Å². The lowest BCUT2D eigenvalue weighted by Gasteiger charge is -2.43. The van der Waals surface area contributed by atoms with Gasteiger partial charge in [0.25, 0.3) is 5.60 Å². The molecular weight excluding hydrogens is 648 g/mol. The summed E-state index contributed by atoms with van der Waals surface area (Å²) in [5, 5.41) is 47.9. The van der Waals surface area contributed by atoms with Gasteiger partial charge in [0.05, 0.1) is 39.0 Å². The molecule has 4 rings (SSSR count). The van der Waals surface area contributed by atoms with E-state index in [9.17, 15) is 47.6 Å². The lowest BCUT2D eigenvalue weighted by atomic mass is 9.91. The van der Waals surface area contributed by atoms with Gasteiger partial charge in [-0.25, -0.2) is 9.18 Å². The zero-order valence-electron chi connectivity index (χ0n) is 26.7. The summed E-state index contributed by atoms with van der Waals surface area (Å²) in [4.78, 5) is 27.9. The van der Waals surface area contributed by atoms with Gasteiger partial charge in [-0.15, -0.1) is 0 Å². The maximum absolute atomic E-state index is 14.8. The number of benzene rings is 1. The Hall–Kier alpha value is -2.76. The van der Waals surface area contributed by atoms with Gasteiger partial charge < -0.3 is 49.5 Å². The predicted molar refractivity (Wildman–Crippen MR) is 160 cm³/mol. The quantitative estimate of drug-likeness (QED) is 0.127. The second kappa shape index (κ2) is 16.8. The number of ether oxygens (including phenoxy) is 3. The van der Waals surface area contributed by atoms with Crippen molar-refractivity contribution in [2.75, 3.05) is 52.6 Å². The number of aliphatic hydroxyl groups is 5. The van der Waals surface area contributed by atoms with Crippen molar-refractivity contribution < 1.29 is 66.9 Å². The summed E-state index contributed by atoms with van der Waals surface area (Å²) in [7, 11) is 0. The number of carbonyl (C=O) groups is 2. The Balaban J connectivity index is 1.07. The highest BCUT2D eigenvalue weighted by Crippen LogP contribution is 2.40. The largest absolute Gasteiger partial charge is 0.493 e. The average molecular weight is 695 g/mol. The van der Waals surface area contributed by atoms with Crippen molar-refractivity contribution in [1.82, 2.24) is 9.80 Å². The summed E-state index contributed by atoms with van der Waals surface area (Å²) in [6.07, 6.45) is -7.82. The molecule has 0 unspecified atom stereocenters. The highest BCUT2D eigenvalue weighted by atomic mass is 19.4. The van der Waals surface area contributed by atoms with Crippen LogP contribution in [0.5, 0.6) is 5.75 Å². The molecule has 4 atom stereocenters. The first-order valence-corrected chi connectivity index (χ1v) is 16.4. The molecule has 48 heavy (non-hydrogen) atoms. The van der Waals surface area contributed by atoms with Crippen LogP contribution < -0.4 is 4.74 Å². The Morgan fingerprint density at radius 3 is 2.19 bits per heavy atom. The summed E-state index contributed by atoms with van der Waals surface area (Å²) in [6.45, 7) is -0.237. The molecule has 0 aliphatic carbocycles. The zero-order valence-corrected chi connectivity index (χ0v) is 26.7. The Bertz CT molecular complexity index is 1210. The fourth-order valence-corrected chi connectivity index (χ4v) is 6.11. The Kier molecular flexibility index (Phi) is 13.3. The average Bonchev–Trinajstić information content (AvgIpc) is 3.01. The van der Waals surface area contributed by atoms with Crippen LogP contribution in [0.2, 0.25) is 0 Å². The summed E-state index contributed by atoms with van der Waals surface area (Å²) >= 11 is 0. The van der Waals surface area contributed by atoms with Crippen molar-refractivity contribution >= 4 is 12.0 Å². The van der Waals surface area contributed by atoms with E-state index in [0.717, 1.165) is 6.42 Å². The first kappa shape index (κ1) is 38.0. The van der Waals surface area contributed by atoms with Crippen LogP contribution in [-0.4, -0.2) is 136 Å². The van der Waals surface area contributed by atoms with Gasteiger partial charge in [0.15, 0.2) is 0 Å². The molecule has 16 heteroatoms. The lowest BCUT2D eigenvalue weighted by molar-refractivity contribution is -0.333. The highest BCUT2D eigenvalue weighted by molar-refractivity contribution is 5.79. The fraction of sp³-hybridized carbons (Fsp3) is 0.750. The van der Waals surface area contributed by atoms with Gasteiger partial charge in [-0.1, -0.05) is 12.5 Å². The molecule has 272 valence electrons. The highest BCUT2D eigenvalue weighted by Gasteiger charge is 2.64. The third-order valence-electron chi connectivity index (χ3n) is 9.48. The van der Waals surface area contributed by atoms with Crippen LogP contribution in [0, 0.1) is 17.7 Å². The molecule has 0 spiro atoms. The topological polar surface area (TPSA) is 169 Å². The Labute approximate surface area is 276 Å². The van der Waals surface area contributed by atoms with Gasteiger partial charge in [-0.2, -0.15) is 13.2 Å². The van der Waals surface area contributed by atoms with E-state index in [4.69, 9.17) is 14.6 Å². The second-order valence-corrected chi connectivity index (χ2v) is 13.1. The van der Waals surface area contributed by atoms with E-state index in [1.54, 1.807) is 11.0 Å². The number of amides is 2. The van der Waals surface area contributed by atoms with Crippen LogP contribution in [0.1, 0.15) is 50.5 Å². The minimum atomic E-state index is -4.69. The van der Waals surface area contributed by atoms with Crippen molar-refractivity contribution in [3.8, 4) is 5.75 Å². The van der Waals surface area contributed by atoms with Crippen molar-refractivity contribution in [1.29, 1.82) is 0 Å². The number of aliphatic hydroxyl groups excluding tert-OH is 5. The number of alkyl halides is 3. The molecule has 0 bridgehead atoms. The molecule has 3 aliphatic heterocycles. The monoisotopic (exact) mass is 694 g/mol. The van der Waals surface area contributed by atoms with E-state index < -0.39 is 67.9 Å². The molecule has 2 amide bonds. The molecule has 5 N–H and O–H groups in total. The van der Waals surface area contributed by atoms with Gasteiger partial charge >= 0.3 is 12.3 Å². The molecule has 12 nitrogen and oxygen atoms in total. The maximum atomic E-state index is 14.8. The third kappa shape index (κ3) is 9.69. The summed E-state index contributed by atoms with van der Waals surface area (Å²) in [5.74, 6) is 0.00717. The number of hydrogen-bond donors (Lipinski definition) is 5. The van der Waals surface area contributed by atoms with Crippen LogP contribution in [0.15, 0.2) is 18.2 Å². The van der Waals surface area contributed by atoms with Crippen molar-refractivity contribution in [3.63, 3.8) is 0 Å². The standard InChI is InChI=1S/C32H46F4N2O10/c33-24-14-23(47-12-2-4-20-8-10-37(11-9-20)30(45)48-31(18-46-19-31)32(34,35)36)7-6-22(24)13-27(42)38-15-21(16-38)3-1-5-25(40)28(43)29(44)26(41)17-39/h6-7,14,20-21,25-26,28-29,39-41,43-44H,1-5,8-13,15-19H2/t25-,26+,28+,29+/m0/s1. The van der Waals surface area contributed by atoms with Crippen LogP contribution >= 0.6 is 0 Å². The van der Waals surface area contributed by atoms with Gasteiger partial charge in [0.2, 0.25) is 5.91 Å².